The maximum Gasteiger partial charge on any atom is 0.208 e. The van der Waals surface area contributed by atoms with Gasteiger partial charge in [0.25, 0.3) is 0 Å². The summed E-state index contributed by atoms with van der Waals surface area (Å²) in [6, 6.07) is 5.21. The van der Waals surface area contributed by atoms with Gasteiger partial charge in [-0.3, -0.25) is 0 Å². The lowest BCUT2D eigenvalue weighted by molar-refractivity contribution is -0.113. The summed E-state index contributed by atoms with van der Waals surface area (Å²) in [6.45, 7) is 1.61. The smallest absolute Gasteiger partial charge is 0.208 e. The predicted molar refractivity (Wildman–Crippen MR) is 97.9 cm³/mol. The third kappa shape index (κ3) is 5.44. The molecule has 0 spiro atoms. The molecule has 24 heavy (non-hydrogen) atoms. The van der Waals surface area contributed by atoms with Crippen LogP contribution in [-0.4, -0.2) is 53.6 Å². The number of methoxy groups -OCH3 is 1. The summed E-state index contributed by atoms with van der Waals surface area (Å²) in [5.41, 5.74) is -0.128. The number of hydrogen-bond donors (Lipinski definition) is 2. The highest BCUT2D eigenvalue weighted by molar-refractivity contribution is 7.88. The van der Waals surface area contributed by atoms with Gasteiger partial charge < -0.3 is 14.8 Å². The monoisotopic (exact) mass is 418 g/mol. The second kappa shape index (κ2) is 9.00. The lowest BCUT2D eigenvalue weighted by Gasteiger charge is -2.38. The molecule has 0 saturated carbocycles. The Bertz CT molecular complexity index is 659. The zero-order valence-electron chi connectivity index (χ0n) is 13.3. The molecular weight excluding hydrogens is 399 g/mol. The van der Waals surface area contributed by atoms with Crippen LogP contribution in [0, 0.1) is 0 Å². The van der Waals surface area contributed by atoms with Crippen LogP contribution in [0.4, 0.5) is 0 Å². The number of hydrogen-bond acceptors (Lipinski definition) is 5. The minimum absolute atomic E-state index is 0. The second-order valence-electron chi connectivity index (χ2n) is 5.46. The van der Waals surface area contributed by atoms with Gasteiger partial charge in [-0.25, -0.2) is 13.1 Å². The van der Waals surface area contributed by atoms with Crippen molar-refractivity contribution in [3.8, 4) is 0 Å². The standard InChI is InChI=1S/C14H20Cl2N2O4S.ClH/c1-21-14(9-18-23(2,19)20)8-17-5-6-22-13(14)10-3-4-11(15)12(16)7-10;/h3-4,7,13,17-18H,5-6,8-9H2,1-2H3;1H. The van der Waals surface area contributed by atoms with E-state index in [1.807, 2.05) is 0 Å². The van der Waals surface area contributed by atoms with Crippen LogP contribution in [0.1, 0.15) is 11.7 Å². The predicted octanol–water partition coefficient (Wildman–Crippen LogP) is 2.01. The van der Waals surface area contributed by atoms with Gasteiger partial charge in [0.05, 0.1) is 22.9 Å². The molecule has 1 saturated heterocycles. The van der Waals surface area contributed by atoms with Gasteiger partial charge in [0, 0.05) is 26.7 Å². The van der Waals surface area contributed by atoms with Crippen molar-refractivity contribution < 1.29 is 17.9 Å². The first-order valence-electron chi connectivity index (χ1n) is 7.04. The first kappa shape index (κ1) is 21.9. The Hall–Kier alpha value is -0.120. The fraction of sp³-hybridized carbons (Fsp3) is 0.571. The molecule has 2 N–H and O–H groups in total. The second-order valence-corrected chi connectivity index (χ2v) is 8.11. The minimum atomic E-state index is -3.36. The van der Waals surface area contributed by atoms with Crippen molar-refractivity contribution in [2.45, 2.75) is 11.7 Å². The van der Waals surface area contributed by atoms with Crippen molar-refractivity contribution in [3.63, 3.8) is 0 Å². The summed E-state index contributed by atoms with van der Waals surface area (Å²) in [5, 5.41) is 4.06. The van der Waals surface area contributed by atoms with Crippen LogP contribution in [0.3, 0.4) is 0 Å². The molecule has 0 aliphatic carbocycles. The molecule has 2 rings (SSSR count). The van der Waals surface area contributed by atoms with E-state index in [0.717, 1.165) is 11.8 Å². The average molecular weight is 420 g/mol. The van der Waals surface area contributed by atoms with Gasteiger partial charge in [0.1, 0.15) is 11.7 Å². The molecule has 10 heteroatoms. The largest absolute Gasteiger partial charge is 0.372 e. The highest BCUT2D eigenvalue weighted by atomic mass is 35.5. The van der Waals surface area contributed by atoms with Crippen molar-refractivity contribution in [1.29, 1.82) is 0 Å². The first-order chi connectivity index (χ1) is 10.8. The Morgan fingerprint density at radius 2 is 2.12 bits per heavy atom. The first-order valence-corrected chi connectivity index (χ1v) is 9.69. The Morgan fingerprint density at radius 3 is 2.71 bits per heavy atom. The number of sulfonamides is 1. The summed E-state index contributed by atoms with van der Waals surface area (Å²) >= 11 is 12.1. The van der Waals surface area contributed by atoms with E-state index in [0.29, 0.717) is 29.7 Å². The van der Waals surface area contributed by atoms with E-state index in [2.05, 4.69) is 10.0 Å². The summed E-state index contributed by atoms with van der Waals surface area (Å²) in [4.78, 5) is 0. The zero-order valence-corrected chi connectivity index (χ0v) is 16.5. The maximum absolute atomic E-state index is 11.5. The summed E-state index contributed by atoms with van der Waals surface area (Å²) < 4.78 is 37.1. The molecule has 0 radical (unpaired) electrons. The van der Waals surface area contributed by atoms with Gasteiger partial charge in [-0.1, -0.05) is 29.3 Å². The Balaban J connectivity index is 0.00000288. The number of nitrogens with one attached hydrogen (secondary N) is 2. The van der Waals surface area contributed by atoms with Gasteiger partial charge in [-0.15, -0.1) is 12.4 Å². The topological polar surface area (TPSA) is 76.7 Å². The van der Waals surface area contributed by atoms with Crippen molar-refractivity contribution in [1.82, 2.24) is 10.0 Å². The molecule has 1 aliphatic heterocycles. The highest BCUT2D eigenvalue weighted by Crippen LogP contribution is 2.36. The van der Waals surface area contributed by atoms with Crippen LogP contribution < -0.4 is 10.0 Å². The number of rotatable bonds is 5. The van der Waals surface area contributed by atoms with Crippen LogP contribution >= 0.6 is 35.6 Å². The van der Waals surface area contributed by atoms with Gasteiger partial charge in [0.15, 0.2) is 0 Å². The molecule has 6 nitrogen and oxygen atoms in total. The van der Waals surface area contributed by atoms with Crippen LogP contribution in [0.25, 0.3) is 0 Å². The van der Waals surface area contributed by atoms with E-state index in [1.165, 1.54) is 7.11 Å². The van der Waals surface area contributed by atoms with Crippen LogP contribution in [0.15, 0.2) is 18.2 Å². The quantitative estimate of drug-likeness (QED) is 0.763. The van der Waals surface area contributed by atoms with Crippen LogP contribution in [-0.2, 0) is 19.5 Å². The molecule has 2 atom stereocenters. The molecule has 138 valence electrons. The Labute approximate surface area is 158 Å². The van der Waals surface area contributed by atoms with E-state index in [-0.39, 0.29) is 19.0 Å². The van der Waals surface area contributed by atoms with E-state index < -0.39 is 21.7 Å². The fourth-order valence-corrected chi connectivity index (χ4v) is 3.34. The summed E-state index contributed by atoms with van der Waals surface area (Å²) in [7, 11) is -1.83. The van der Waals surface area contributed by atoms with E-state index in [9.17, 15) is 8.42 Å². The SMILES string of the molecule is COC1(CNS(C)(=O)=O)CNCCOC1c1ccc(Cl)c(Cl)c1.Cl. The normalized spacial score (nSPS) is 24.9. The van der Waals surface area contributed by atoms with Gasteiger partial charge in [0.2, 0.25) is 10.0 Å². The van der Waals surface area contributed by atoms with Crippen molar-refractivity contribution in [3.05, 3.63) is 33.8 Å². The molecule has 0 bridgehead atoms. The van der Waals surface area contributed by atoms with Gasteiger partial charge >= 0.3 is 0 Å². The Kier molecular flexibility index (Phi) is 8.22. The molecule has 1 fully saturated rings. The zero-order chi connectivity index (χ0) is 17.1. The third-order valence-electron chi connectivity index (χ3n) is 3.75. The number of halogens is 3. The van der Waals surface area contributed by atoms with E-state index in [4.69, 9.17) is 32.7 Å². The molecule has 1 heterocycles. The van der Waals surface area contributed by atoms with Crippen LogP contribution in [0.2, 0.25) is 10.0 Å². The summed E-state index contributed by atoms with van der Waals surface area (Å²) in [5.74, 6) is 0. The van der Waals surface area contributed by atoms with Crippen molar-refractivity contribution in [2.75, 3.05) is 39.6 Å². The lowest BCUT2D eigenvalue weighted by atomic mass is 9.90. The third-order valence-corrected chi connectivity index (χ3v) is 5.16. The van der Waals surface area contributed by atoms with Crippen molar-refractivity contribution >= 4 is 45.6 Å². The van der Waals surface area contributed by atoms with Gasteiger partial charge in [-0.2, -0.15) is 0 Å². The fourth-order valence-electron chi connectivity index (χ4n) is 2.53. The molecule has 1 aliphatic rings. The maximum atomic E-state index is 11.5. The lowest BCUT2D eigenvalue weighted by Crippen LogP contribution is -2.54. The van der Waals surface area contributed by atoms with Gasteiger partial charge in [-0.05, 0) is 17.7 Å². The van der Waals surface area contributed by atoms with Crippen molar-refractivity contribution in [2.24, 2.45) is 0 Å². The summed E-state index contributed by atoms with van der Waals surface area (Å²) in [6.07, 6.45) is 0.613. The number of ether oxygens (including phenoxy) is 2. The number of benzene rings is 1. The average Bonchev–Trinajstić information content (AvgIpc) is 2.70. The van der Waals surface area contributed by atoms with Crippen LogP contribution in [0.5, 0.6) is 0 Å². The Morgan fingerprint density at radius 1 is 1.42 bits per heavy atom. The molecule has 1 aromatic carbocycles. The molecule has 0 amide bonds. The molecular formula is C14H21Cl3N2O4S. The minimum Gasteiger partial charge on any atom is -0.372 e. The molecule has 1 aromatic rings. The van der Waals surface area contributed by atoms with E-state index in [1.54, 1.807) is 18.2 Å². The highest BCUT2D eigenvalue weighted by Gasteiger charge is 2.43. The molecule has 2 unspecified atom stereocenters. The molecule has 0 aromatic heterocycles. The van der Waals surface area contributed by atoms with E-state index >= 15 is 0 Å².